The predicted octanol–water partition coefficient (Wildman–Crippen LogP) is 2.28. The van der Waals surface area contributed by atoms with Gasteiger partial charge in [-0.05, 0) is 30.3 Å². The Morgan fingerprint density at radius 1 is 1.11 bits per heavy atom. The maximum absolute atomic E-state index is 11.5. The molecule has 1 amide bonds. The SMILES string of the molecule is CNC(=O)c1cc(Oc2ccc(NC)cc2)ccn1. The van der Waals surface area contributed by atoms with Gasteiger partial charge in [0.1, 0.15) is 17.2 Å². The molecule has 0 saturated heterocycles. The molecular weight excluding hydrogens is 242 g/mol. The van der Waals surface area contributed by atoms with E-state index in [9.17, 15) is 4.79 Å². The number of nitrogens with zero attached hydrogens (tertiary/aromatic N) is 1. The number of nitrogens with one attached hydrogen (secondary N) is 2. The standard InChI is InChI=1S/C14H15N3O2/c1-15-10-3-5-11(6-4-10)19-12-7-8-17-13(9-12)14(18)16-2/h3-9,15H,1-2H3,(H,16,18). The number of hydrogen-bond acceptors (Lipinski definition) is 4. The fourth-order valence-corrected chi connectivity index (χ4v) is 1.55. The minimum atomic E-state index is -0.240. The molecule has 0 fully saturated rings. The largest absolute Gasteiger partial charge is 0.457 e. The molecule has 0 atom stereocenters. The number of aromatic nitrogens is 1. The highest BCUT2D eigenvalue weighted by Gasteiger charge is 2.06. The number of hydrogen-bond donors (Lipinski definition) is 2. The molecule has 19 heavy (non-hydrogen) atoms. The average molecular weight is 257 g/mol. The lowest BCUT2D eigenvalue weighted by Crippen LogP contribution is -2.18. The van der Waals surface area contributed by atoms with Crippen LogP contribution < -0.4 is 15.4 Å². The number of pyridine rings is 1. The second-order valence-corrected chi connectivity index (χ2v) is 3.83. The molecule has 0 radical (unpaired) electrons. The van der Waals surface area contributed by atoms with E-state index in [0.717, 1.165) is 5.69 Å². The van der Waals surface area contributed by atoms with Gasteiger partial charge in [0.2, 0.25) is 0 Å². The van der Waals surface area contributed by atoms with Crippen molar-refractivity contribution in [1.29, 1.82) is 0 Å². The Labute approximate surface area is 111 Å². The molecule has 2 N–H and O–H groups in total. The van der Waals surface area contributed by atoms with Gasteiger partial charge in [-0.25, -0.2) is 0 Å². The van der Waals surface area contributed by atoms with Gasteiger partial charge in [-0.15, -0.1) is 0 Å². The molecule has 5 nitrogen and oxygen atoms in total. The smallest absolute Gasteiger partial charge is 0.269 e. The van der Waals surface area contributed by atoms with E-state index >= 15 is 0 Å². The number of ether oxygens (including phenoxy) is 1. The van der Waals surface area contributed by atoms with Crippen molar-refractivity contribution in [2.45, 2.75) is 0 Å². The van der Waals surface area contributed by atoms with Crippen LogP contribution in [0.25, 0.3) is 0 Å². The van der Waals surface area contributed by atoms with Crippen LogP contribution in [0.1, 0.15) is 10.5 Å². The summed E-state index contributed by atoms with van der Waals surface area (Å²) in [6, 6.07) is 10.8. The zero-order valence-corrected chi connectivity index (χ0v) is 10.8. The fourth-order valence-electron chi connectivity index (χ4n) is 1.55. The summed E-state index contributed by atoms with van der Waals surface area (Å²) in [5, 5.41) is 5.55. The van der Waals surface area contributed by atoms with Crippen molar-refractivity contribution in [2.24, 2.45) is 0 Å². The van der Waals surface area contributed by atoms with E-state index in [0.29, 0.717) is 17.2 Å². The number of amides is 1. The molecule has 0 aliphatic carbocycles. The molecule has 1 aromatic carbocycles. The van der Waals surface area contributed by atoms with E-state index < -0.39 is 0 Å². The lowest BCUT2D eigenvalue weighted by molar-refractivity contribution is 0.0958. The third kappa shape index (κ3) is 3.22. The highest BCUT2D eigenvalue weighted by atomic mass is 16.5. The van der Waals surface area contributed by atoms with Gasteiger partial charge in [-0.3, -0.25) is 9.78 Å². The molecule has 0 aliphatic heterocycles. The minimum absolute atomic E-state index is 0.240. The molecule has 1 heterocycles. The average Bonchev–Trinajstić information content (AvgIpc) is 2.47. The van der Waals surface area contributed by atoms with Gasteiger partial charge < -0.3 is 15.4 Å². The highest BCUT2D eigenvalue weighted by Crippen LogP contribution is 2.22. The Balaban J connectivity index is 2.16. The second kappa shape index (κ2) is 5.86. The second-order valence-electron chi connectivity index (χ2n) is 3.83. The summed E-state index contributed by atoms with van der Waals surface area (Å²) < 4.78 is 5.67. The van der Waals surface area contributed by atoms with Crippen LogP contribution in [0.3, 0.4) is 0 Å². The van der Waals surface area contributed by atoms with Crippen LogP contribution >= 0.6 is 0 Å². The Morgan fingerprint density at radius 2 is 1.84 bits per heavy atom. The molecule has 0 spiro atoms. The van der Waals surface area contributed by atoms with E-state index in [1.54, 1.807) is 25.4 Å². The Hall–Kier alpha value is -2.56. The lowest BCUT2D eigenvalue weighted by atomic mass is 10.3. The maximum Gasteiger partial charge on any atom is 0.269 e. The van der Waals surface area contributed by atoms with Crippen LogP contribution in [0.2, 0.25) is 0 Å². The number of carbonyl (C=O) groups is 1. The Bertz CT molecular complexity index is 567. The van der Waals surface area contributed by atoms with Crippen molar-refractivity contribution in [2.75, 3.05) is 19.4 Å². The predicted molar refractivity (Wildman–Crippen MR) is 73.7 cm³/mol. The van der Waals surface area contributed by atoms with Crippen LogP contribution in [-0.2, 0) is 0 Å². The minimum Gasteiger partial charge on any atom is -0.457 e. The quantitative estimate of drug-likeness (QED) is 0.882. The Kier molecular flexibility index (Phi) is 3.97. The van der Waals surface area contributed by atoms with E-state index in [1.165, 1.54) is 0 Å². The van der Waals surface area contributed by atoms with E-state index in [1.807, 2.05) is 31.3 Å². The number of anilines is 1. The first-order valence-electron chi connectivity index (χ1n) is 5.86. The zero-order chi connectivity index (χ0) is 13.7. The molecule has 1 aromatic heterocycles. The molecule has 0 bridgehead atoms. The summed E-state index contributed by atoms with van der Waals surface area (Å²) in [6.45, 7) is 0. The van der Waals surface area contributed by atoms with Crippen molar-refractivity contribution in [3.63, 3.8) is 0 Å². The molecular formula is C14H15N3O2. The lowest BCUT2D eigenvalue weighted by Gasteiger charge is -2.07. The van der Waals surface area contributed by atoms with Crippen LogP contribution in [0.15, 0.2) is 42.6 Å². The summed E-state index contributed by atoms with van der Waals surface area (Å²) in [7, 11) is 3.42. The summed E-state index contributed by atoms with van der Waals surface area (Å²) >= 11 is 0. The topological polar surface area (TPSA) is 63.2 Å². The number of carbonyl (C=O) groups excluding carboxylic acids is 1. The molecule has 0 saturated carbocycles. The molecule has 98 valence electrons. The van der Waals surface area contributed by atoms with Crippen molar-refractivity contribution >= 4 is 11.6 Å². The highest BCUT2D eigenvalue weighted by molar-refractivity contribution is 5.92. The van der Waals surface area contributed by atoms with Gasteiger partial charge in [-0.1, -0.05) is 0 Å². The Morgan fingerprint density at radius 3 is 2.47 bits per heavy atom. The van der Waals surface area contributed by atoms with Gasteiger partial charge in [-0.2, -0.15) is 0 Å². The fraction of sp³-hybridized carbons (Fsp3) is 0.143. The summed E-state index contributed by atoms with van der Waals surface area (Å²) in [5.74, 6) is 1.04. The zero-order valence-electron chi connectivity index (χ0n) is 10.8. The van der Waals surface area contributed by atoms with Crippen molar-refractivity contribution in [1.82, 2.24) is 10.3 Å². The first-order valence-corrected chi connectivity index (χ1v) is 5.86. The van der Waals surface area contributed by atoms with Crippen molar-refractivity contribution < 1.29 is 9.53 Å². The molecule has 2 aromatic rings. The van der Waals surface area contributed by atoms with Gasteiger partial charge in [0.15, 0.2) is 0 Å². The van der Waals surface area contributed by atoms with Crippen LogP contribution in [0.4, 0.5) is 5.69 Å². The molecule has 0 aliphatic rings. The third-order valence-corrected chi connectivity index (χ3v) is 2.57. The first-order chi connectivity index (χ1) is 9.22. The van der Waals surface area contributed by atoms with Gasteiger partial charge in [0.25, 0.3) is 5.91 Å². The third-order valence-electron chi connectivity index (χ3n) is 2.57. The summed E-state index contributed by atoms with van der Waals surface area (Å²) in [5.41, 5.74) is 1.33. The molecule has 2 rings (SSSR count). The summed E-state index contributed by atoms with van der Waals surface area (Å²) in [4.78, 5) is 15.4. The van der Waals surface area contributed by atoms with Crippen molar-refractivity contribution in [3.05, 3.63) is 48.3 Å². The maximum atomic E-state index is 11.5. The van der Waals surface area contributed by atoms with E-state index in [-0.39, 0.29) is 5.91 Å². The first kappa shape index (κ1) is 12.9. The van der Waals surface area contributed by atoms with Crippen LogP contribution in [0.5, 0.6) is 11.5 Å². The van der Waals surface area contributed by atoms with E-state index in [4.69, 9.17) is 4.74 Å². The normalized spacial score (nSPS) is 9.79. The van der Waals surface area contributed by atoms with Gasteiger partial charge >= 0.3 is 0 Å². The molecule has 5 heteroatoms. The monoisotopic (exact) mass is 257 g/mol. The van der Waals surface area contributed by atoms with Gasteiger partial charge in [0, 0.05) is 32.0 Å². The van der Waals surface area contributed by atoms with E-state index in [2.05, 4.69) is 15.6 Å². The van der Waals surface area contributed by atoms with Crippen molar-refractivity contribution in [3.8, 4) is 11.5 Å². The number of benzene rings is 1. The van der Waals surface area contributed by atoms with Crippen LogP contribution in [-0.4, -0.2) is 25.0 Å². The van der Waals surface area contributed by atoms with Gasteiger partial charge in [0.05, 0.1) is 0 Å². The molecule has 0 unspecified atom stereocenters. The van der Waals surface area contributed by atoms with Crippen LogP contribution in [0, 0.1) is 0 Å². The number of rotatable bonds is 4. The summed E-state index contributed by atoms with van der Waals surface area (Å²) in [6.07, 6.45) is 1.54.